The zero-order valence-corrected chi connectivity index (χ0v) is 15.7. The fraction of sp³-hybridized carbons (Fsp3) is 0.235. The lowest BCUT2D eigenvalue weighted by Crippen LogP contribution is -2.17. The molecule has 10 heteroatoms. The monoisotopic (exact) mass is 416 g/mol. The second kappa shape index (κ2) is 8.41. The fourth-order valence-corrected chi connectivity index (χ4v) is 2.60. The smallest absolute Gasteiger partial charge is 0.312 e. The van der Waals surface area contributed by atoms with Crippen molar-refractivity contribution in [2.45, 2.75) is 26.2 Å². The molecule has 0 saturated carbocycles. The SMILES string of the molecule is CC(C)c1cc(Oc2c(Cl)c(F)nc(NC(=O)CC(=O)O)c2Cl)ccc1O. The molecule has 0 aliphatic rings. The predicted octanol–water partition coefficient (Wildman–Crippen LogP) is 4.56. The van der Waals surface area contributed by atoms with Crippen molar-refractivity contribution in [1.82, 2.24) is 4.98 Å². The molecule has 0 fully saturated rings. The fourth-order valence-electron chi connectivity index (χ4n) is 2.16. The molecule has 1 aromatic carbocycles. The third-order valence-corrected chi connectivity index (χ3v) is 4.09. The number of aliphatic carboxylic acids is 1. The van der Waals surface area contributed by atoms with Crippen molar-refractivity contribution >= 4 is 40.9 Å². The first-order valence-electron chi connectivity index (χ1n) is 7.67. The van der Waals surface area contributed by atoms with Crippen molar-refractivity contribution in [3.05, 3.63) is 39.8 Å². The number of ether oxygens (including phenoxy) is 1. The van der Waals surface area contributed by atoms with Gasteiger partial charge in [0, 0.05) is 5.56 Å². The summed E-state index contributed by atoms with van der Waals surface area (Å²) in [6.07, 6.45) is -0.853. The number of hydrogen-bond acceptors (Lipinski definition) is 5. The number of nitrogens with one attached hydrogen (secondary N) is 1. The summed E-state index contributed by atoms with van der Waals surface area (Å²) in [4.78, 5) is 25.6. The summed E-state index contributed by atoms with van der Waals surface area (Å²) in [5, 5.41) is 19.8. The number of pyridine rings is 1. The van der Waals surface area contributed by atoms with Crippen LogP contribution in [0.2, 0.25) is 10.0 Å². The van der Waals surface area contributed by atoms with Crippen LogP contribution in [0.15, 0.2) is 18.2 Å². The molecular formula is C17H15Cl2FN2O5. The lowest BCUT2D eigenvalue weighted by Gasteiger charge is -2.15. The van der Waals surface area contributed by atoms with Gasteiger partial charge >= 0.3 is 5.97 Å². The standard InChI is InChI=1S/C17H15Cl2FN2O5/c1-7(2)9-5-8(3-4-10(9)23)27-15-13(18)16(20)22-17(14(15)19)21-11(24)6-12(25)26/h3-5,7,23H,6H2,1-2H3,(H,25,26)(H,21,22,24). The molecule has 1 heterocycles. The van der Waals surface area contributed by atoms with Gasteiger partial charge < -0.3 is 20.3 Å². The summed E-state index contributed by atoms with van der Waals surface area (Å²) in [6, 6.07) is 4.36. The Labute approximate surface area is 163 Å². The van der Waals surface area contributed by atoms with E-state index in [0.717, 1.165) is 0 Å². The minimum atomic E-state index is -1.38. The Bertz CT molecular complexity index is 905. The van der Waals surface area contributed by atoms with Crippen molar-refractivity contribution in [2.75, 3.05) is 5.32 Å². The van der Waals surface area contributed by atoms with Crippen LogP contribution >= 0.6 is 23.2 Å². The first kappa shape index (κ1) is 20.7. The lowest BCUT2D eigenvalue weighted by molar-refractivity contribution is -0.139. The summed E-state index contributed by atoms with van der Waals surface area (Å²) >= 11 is 12.0. The predicted molar refractivity (Wildman–Crippen MR) is 97.4 cm³/mol. The number of aromatic nitrogens is 1. The number of nitrogens with zero attached hydrogens (tertiary/aromatic N) is 1. The number of carboxylic acid groups (broad SMARTS) is 1. The average molecular weight is 417 g/mol. The molecule has 0 aliphatic carbocycles. The van der Waals surface area contributed by atoms with Crippen LogP contribution in [0.5, 0.6) is 17.2 Å². The zero-order chi connectivity index (χ0) is 20.3. The van der Waals surface area contributed by atoms with E-state index in [9.17, 15) is 19.1 Å². The maximum Gasteiger partial charge on any atom is 0.312 e. The number of phenolic OH excluding ortho intramolecular Hbond substituents is 1. The van der Waals surface area contributed by atoms with E-state index < -0.39 is 35.1 Å². The van der Waals surface area contributed by atoms with Crippen LogP contribution in [-0.4, -0.2) is 27.1 Å². The largest absolute Gasteiger partial charge is 0.508 e. The Hall–Kier alpha value is -2.58. The van der Waals surface area contributed by atoms with Gasteiger partial charge in [0.2, 0.25) is 11.9 Å². The number of anilines is 1. The number of aromatic hydroxyl groups is 1. The van der Waals surface area contributed by atoms with Gasteiger partial charge in [-0.1, -0.05) is 37.0 Å². The summed E-state index contributed by atoms with van der Waals surface area (Å²) in [6.45, 7) is 3.72. The highest BCUT2D eigenvalue weighted by Gasteiger charge is 2.22. The third-order valence-electron chi connectivity index (χ3n) is 3.41. The minimum absolute atomic E-state index is 0.0143. The van der Waals surface area contributed by atoms with Crippen molar-refractivity contribution < 1.29 is 28.9 Å². The van der Waals surface area contributed by atoms with Crippen LogP contribution in [-0.2, 0) is 9.59 Å². The summed E-state index contributed by atoms with van der Waals surface area (Å²) in [7, 11) is 0. The van der Waals surface area contributed by atoms with Crippen LogP contribution in [0.25, 0.3) is 0 Å². The molecule has 0 bridgehead atoms. The Morgan fingerprint density at radius 1 is 1.30 bits per heavy atom. The van der Waals surface area contributed by atoms with Crippen LogP contribution < -0.4 is 10.1 Å². The molecule has 0 radical (unpaired) electrons. The number of carbonyl (C=O) groups excluding carboxylic acids is 1. The number of carboxylic acids is 1. The molecule has 2 aromatic rings. The van der Waals surface area contributed by atoms with Crippen LogP contribution in [0.3, 0.4) is 0 Å². The number of carbonyl (C=O) groups is 2. The first-order valence-corrected chi connectivity index (χ1v) is 8.42. The summed E-state index contributed by atoms with van der Waals surface area (Å²) in [5.74, 6) is -3.95. The molecule has 0 unspecified atom stereocenters. The lowest BCUT2D eigenvalue weighted by atomic mass is 10.0. The van der Waals surface area contributed by atoms with Gasteiger partial charge in [-0.2, -0.15) is 9.37 Å². The van der Waals surface area contributed by atoms with Crippen molar-refractivity contribution in [3.8, 4) is 17.2 Å². The van der Waals surface area contributed by atoms with E-state index in [-0.39, 0.29) is 28.2 Å². The molecule has 0 aliphatic heterocycles. The number of amides is 1. The second-order valence-corrected chi connectivity index (χ2v) is 6.56. The number of benzene rings is 1. The highest BCUT2D eigenvalue weighted by atomic mass is 35.5. The van der Waals surface area contributed by atoms with Crippen molar-refractivity contribution in [2.24, 2.45) is 0 Å². The van der Waals surface area contributed by atoms with E-state index in [4.69, 9.17) is 33.0 Å². The van der Waals surface area contributed by atoms with Gasteiger partial charge in [0.05, 0.1) is 0 Å². The van der Waals surface area contributed by atoms with E-state index in [1.165, 1.54) is 18.2 Å². The van der Waals surface area contributed by atoms with E-state index in [1.807, 2.05) is 13.8 Å². The normalized spacial score (nSPS) is 10.7. The molecule has 0 saturated heterocycles. The van der Waals surface area contributed by atoms with E-state index in [2.05, 4.69) is 10.3 Å². The van der Waals surface area contributed by atoms with E-state index in [1.54, 1.807) is 0 Å². The highest BCUT2D eigenvalue weighted by Crippen LogP contribution is 2.42. The number of rotatable bonds is 6. The maximum atomic E-state index is 14.0. The number of hydrogen-bond donors (Lipinski definition) is 3. The quantitative estimate of drug-likeness (QED) is 0.470. The van der Waals surface area contributed by atoms with Crippen molar-refractivity contribution in [1.29, 1.82) is 0 Å². The van der Waals surface area contributed by atoms with Gasteiger partial charge in [-0.15, -0.1) is 0 Å². The van der Waals surface area contributed by atoms with E-state index >= 15 is 0 Å². The molecule has 1 aromatic heterocycles. The summed E-state index contributed by atoms with van der Waals surface area (Å²) in [5.41, 5.74) is 0.587. The first-order chi connectivity index (χ1) is 12.6. The van der Waals surface area contributed by atoms with Crippen LogP contribution in [0.4, 0.5) is 10.2 Å². The Kier molecular flexibility index (Phi) is 6.45. The molecule has 7 nitrogen and oxygen atoms in total. The molecule has 1 amide bonds. The highest BCUT2D eigenvalue weighted by molar-refractivity contribution is 6.39. The van der Waals surface area contributed by atoms with Crippen LogP contribution in [0.1, 0.15) is 31.7 Å². The third kappa shape index (κ3) is 4.99. The Morgan fingerprint density at radius 3 is 2.56 bits per heavy atom. The second-order valence-electron chi connectivity index (χ2n) is 5.80. The molecule has 3 N–H and O–H groups in total. The van der Waals surface area contributed by atoms with Gasteiger partial charge in [0.25, 0.3) is 0 Å². The molecular weight excluding hydrogens is 402 g/mol. The molecule has 2 rings (SSSR count). The van der Waals surface area contributed by atoms with E-state index in [0.29, 0.717) is 5.56 Å². The average Bonchev–Trinajstić information content (AvgIpc) is 2.57. The molecule has 0 spiro atoms. The molecule has 27 heavy (non-hydrogen) atoms. The number of phenols is 1. The minimum Gasteiger partial charge on any atom is -0.508 e. The van der Waals surface area contributed by atoms with Gasteiger partial charge in [-0.25, -0.2) is 0 Å². The topological polar surface area (TPSA) is 109 Å². The van der Waals surface area contributed by atoms with Gasteiger partial charge in [0.1, 0.15) is 28.0 Å². The maximum absolute atomic E-state index is 14.0. The summed E-state index contributed by atoms with van der Waals surface area (Å²) < 4.78 is 19.6. The van der Waals surface area contributed by atoms with Crippen molar-refractivity contribution in [3.63, 3.8) is 0 Å². The zero-order valence-electron chi connectivity index (χ0n) is 14.2. The molecule has 0 atom stereocenters. The Balaban J connectivity index is 2.41. The van der Waals surface area contributed by atoms with Gasteiger partial charge in [-0.3, -0.25) is 9.59 Å². The van der Waals surface area contributed by atoms with Crippen LogP contribution in [0, 0.1) is 5.95 Å². The molecule has 144 valence electrons. The van der Waals surface area contributed by atoms with Gasteiger partial charge in [-0.05, 0) is 24.1 Å². The Morgan fingerprint density at radius 2 is 1.96 bits per heavy atom. The van der Waals surface area contributed by atoms with Gasteiger partial charge in [0.15, 0.2) is 11.6 Å². The number of halogens is 3.